The van der Waals surface area contributed by atoms with Crippen LogP contribution in [0.5, 0.6) is 0 Å². The van der Waals surface area contributed by atoms with E-state index in [9.17, 15) is 14.9 Å². The van der Waals surface area contributed by atoms with E-state index in [1.807, 2.05) is 24.6 Å². The van der Waals surface area contributed by atoms with Crippen molar-refractivity contribution in [2.24, 2.45) is 0 Å². The molecule has 1 aromatic heterocycles. The highest BCUT2D eigenvalue weighted by Crippen LogP contribution is 2.15. The highest BCUT2D eigenvalue weighted by atomic mass is 16.6. The maximum Gasteiger partial charge on any atom is 0.269 e. The Morgan fingerprint density at radius 1 is 1.19 bits per heavy atom. The number of hydrogen-bond donors (Lipinski definition) is 2. The van der Waals surface area contributed by atoms with Crippen molar-refractivity contribution in [3.63, 3.8) is 0 Å². The van der Waals surface area contributed by atoms with Gasteiger partial charge in [-0.25, -0.2) is 0 Å². The van der Waals surface area contributed by atoms with E-state index >= 15 is 0 Å². The number of anilines is 1. The Balaban J connectivity index is 1.56. The summed E-state index contributed by atoms with van der Waals surface area (Å²) in [5.74, 6) is 0.0314. The maximum atomic E-state index is 11.8. The lowest BCUT2D eigenvalue weighted by molar-refractivity contribution is -0.384. The number of amides is 1. The van der Waals surface area contributed by atoms with Crippen LogP contribution < -0.4 is 10.6 Å². The first-order chi connectivity index (χ1) is 12.5. The number of nitrogens with one attached hydrogen (secondary N) is 2. The molecule has 2 aromatic rings. The van der Waals surface area contributed by atoms with Crippen LogP contribution in [0.3, 0.4) is 0 Å². The molecular formula is C18H25N5O3. The van der Waals surface area contributed by atoms with E-state index in [-0.39, 0.29) is 11.6 Å². The normalized spacial score (nSPS) is 10.5. The summed E-state index contributed by atoms with van der Waals surface area (Å²) in [6, 6.07) is 8.28. The molecule has 1 amide bonds. The average molecular weight is 359 g/mol. The van der Waals surface area contributed by atoms with Crippen molar-refractivity contribution < 1.29 is 9.72 Å². The summed E-state index contributed by atoms with van der Waals surface area (Å²) in [4.78, 5) is 22.0. The lowest BCUT2D eigenvalue weighted by Gasteiger charge is -2.08. The van der Waals surface area contributed by atoms with Gasteiger partial charge in [0.2, 0.25) is 5.91 Å². The van der Waals surface area contributed by atoms with Gasteiger partial charge in [0.1, 0.15) is 0 Å². The third-order valence-electron chi connectivity index (χ3n) is 3.96. The maximum absolute atomic E-state index is 11.8. The monoisotopic (exact) mass is 359 g/mol. The fourth-order valence-corrected chi connectivity index (χ4v) is 2.63. The first-order valence-electron chi connectivity index (χ1n) is 8.72. The summed E-state index contributed by atoms with van der Waals surface area (Å²) >= 11 is 0. The van der Waals surface area contributed by atoms with Gasteiger partial charge in [-0.15, -0.1) is 0 Å². The van der Waals surface area contributed by atoms with Gasteiger partial charge in [0.05, 0.1) is 10.6 Å². The number of rotatable bonds is 10. The van der Waals surface area contributed by atoms with E-state index < -0.39 is 4.92 Å². The number of aryl methyl sites for hydroxylation is 3. The number of nitrogens with zero attached hydrogens (tertiary/aromatic N) is 3. The fourth-order valence-electron chi connectivity index (χ4n) is 2.63. The molecule has 26 heavy (non-hydrogen) atoms. The highest BCUT2D eigenvalue weighted by molar-refractivity contribution is 5.75. The molecule has 0 unspecified atom stereocenters. The van der Waals surface area contributed by atoms with E-state index in [1.54, 1.807) is 12.1 Å². The van der Waals surface area contributed by atoms with Crippen LogP contribution in [0.4, 0.5) is 11.4 Å². The minimum absolute atomic E-state index is 0.0314. The molecule has 0 aliphatic rings. The predicted octanol–water partition coefficient (Wildman–Crippen LogP) is 2.81. The summed E-state index contributed by atoms with van der Waals surface area (Å²) in [5.41, 5.74) is 3.01. The number of aromatic nitrogens is 2. The topological polar surface area (TPSA) is 102 Å². The SMILES string of the molecule is Cc1cc(C)n(CCCNC(=O)CCCNc2ccc([N+](=O)[O-])cc2)n1. The van der Waals surface area contributed by atoms with Crippen molar-refractivity contribution in [3.8, 4) is 0 Å². The van der Waals surface area contributed by atoms with E-state index in [0.29, 0.717) is 25.9 Å². The molecule has 0 aliphatic carbocycles. The second kappa shape index (κ2) is 9.55. The van der Waals surface area contributed by atoms with Gasteiger partial charge in [-0.3, -0.25) is 19.6 Å². The van der Waals surface area contributed by atoms with Gasteiger partial charge in [-0.2, -0.15) is 5.10 Å². The molecule has 0 bridgehead atoms. The average Bonchev–Trinajstić information content (AvgIpc) is 2.93. The summed E-state index contributed by atoms with van der Waals surface area (Å²) in [5, 5.41) is 21.0. The zero-order valence-electron chi connectivity index (χ0n) is 15.2. The largest absolute Gasteiger partial charge is 0.385 e. The third kappa shape index (κ3) is 6.19. The van der Waals surface area contributed by atoms with Crippen molar-refractivity contribution in [2.75, 3.05) is 18.4 Å². The highest BCUT2D eigenvalue weighted by Gasteiger charge is 2.05. The van der Waals surface area contributed by atoms with Gasteiger partial charge in [0.15, 0.2) is 0 Å². The van der Waals surface area contributed by atoms with Crippen LogP contribution in [-0.2, 0) is 11.3 Å². The number of nitro groups is 1. The fraction of sp³-hybridized carbons (Fsp3) is 0.444. The minimum Gasteiger partial charge on any atom is -0.385 e. The molecule has 0 spiro atoms. The molecule has 1 heterocycles. The second-order valence-corrected chi connectivity index (χ2v) is 6.19. The minimum atomic E-state index is -0.428. The Kier molecular flexibility index (Phi) is 7.13. The van der Waals surface area contributed by atoms with Gasteiger partial charge < -0.3 is 10.6 Å². The third-order valence-corrected chi connectivity index (χ3v) is 3.96. The molecule has 8 heteroatoms. The first-order valence-corrected chi connectivity index (χ1v) is 8.72. The predicted molar refractivity (Wildman–Crippen MR) is 100 cm³/mol. The van der Waals surface area contributed by atoms with Crippen LogP contribution in [0, 0.1) is 24.0 Å². The van der Waals surface area contributed by atoms with Crippen molar-refractivity contribution >= 4 is 17.3 Å². The quantitative estimate of drug-likeness (QED) is 0.386. The second-order valence-electron chi connectivity index (χ2n) is 6.19. The first kappa shape index (κ1) is 19.4. The molecule has 140 valence electrons. The summed E-state index contributed by atoms with van der Waals surface area (Å²) < 4.78 is 1.95. The van der Waals surface area contributed by atoms with Crippen molar-refractivity contribution in [1.29, 1.82) is 0 Å². The molecular weight excluding hydrogens is 334 g/mol. The van der Waals surface area contributed by atoms with Crippen LogP contribution in [0.2, 0.25) is 0 Å². The number of hydrogen-bond acceptors (Lipinski definition) is 5. The van der Waals surface area contributed by atoms with Crippen molar-refractivity contribution in [2.45, 2.75) is 39.7 Å². The molecule has 0 fully saturated rings. The van der Waals surface area contributed by atoms with Crippen LogP contribution in [0.15, 0.2) is 30.3 Å². The van der Waals surface area contributed by atoms with Crippen molar-refractivity contribution in [3.05, 3.63) is 51.8 Å². The zero-order valence-corrected chi connectivity index (χ0v) is 15.2. The molecule has 0 aliphatic heterocycles. The summed E-state index contributed by atoms with van der Waals surface area (Å²) in [6.07, 6.45) is 1.98. The van der Waals surface area contributed by atoms with E-state index in [4.69, 9.17) is 0 Å². The summed E-state index contributed by atoms with van der Waals surface area (Å²) in [7, 11) is 0. The molecule has 2 N–H and O–H groups in total. The van der Waals surface area contributed by atoms with Gasteiger partial charge in [0, 0.05) is 49.6 Å². The summed E-state index contributed by atoms with van der Waals surface area (Å²) in [6.45, 7) is 6.05. The smallest absolute Gasteiger partial charge is 0.269 e. The van der Waals surface area contributed by atoms with E-state index in [2.05, 4.69) is 15.7 Å². The number of non-ortho nitro benzene ring substituents is 1. The Hall–Kier alpha value is -2.90. The van der Waals surface area contributed by atoms with Crippen LogP contribution in [-0.4, -0.2) is 33.7 Å². The van der Waals surface area contributed by atoms with Crippen LogP contribution in [0.1, 0.15) is 30.7 Å². The number of carbonyl (C=O) groups is 1. The van der Waals surface area contributed by atoms with Crippen LogP contribution in [0.25, 0.3) is 0 Å². The van der Waals surface area contributed by atoms with Gasteiger partial charge in [-0.1, -0.05) is 0 Å². The lowest BCUT2D eigenvalue weighted by Crippen LogP contribution is -2.25. The zero-order chi connectivity index (χ0) is 18.9. The van der Waals surface area contributed by atoms with E-state index in [0.717, 1.165) is 30.0 Å². The molecule has 0 radical (unpaired) electrons. The number of carbonyl (C=O) groups excluding carboxylic acids is 1. The lowest BCUT2D eigenvalue weighted by atomic mass is 10.2. The Morgan fingerprint density at radius 3 is 2.54 bits per heavy atom. The molecule has 0 atom stereocenters. The van der Waals surface area contributed by atoms with Gasteiger partial charge in [0.25, 0.3) is 5.69 Å². The molecule has 1 aromatic carbocycles. The standard InChI is InChI=1S/C18H25N5O3/c1-14-13-15(2)22(21-14)12-4-11-20-18(24)5-3-10-19-16-6-8-17(9-7-16)23(25)26/h6-9,13,19H,3-5,10-12H2,1-2H3,(H,20,24). The number of nitro benzene ring substituents is 1. The Labute approximate surface area is 152 Å². The Bertz CT molecular complexity index is 740. The van der Waals surface area contributed by atoms with Crippen molar-refractivity contribution in [1.82, 2.24) is 15.1 Å². The van der Waals surface area contributed by atoms with Crippen LogP contribution >= 0.6 is 0 Å². The number of benzene rings is 1. The van der Waals surface area contributed by atoms with Gasteiger partial charge >= 0.3 is 0 Å². The Morgan fingerprint density at radius 2 is 1.92 bits per heavy atom. The van der Waals surface area contributed by atoms with Gasteiger partial charge in [-0.05, 0) is 44.9 Å². The molecule has 8 nitrogen and oxygen atoms in total. The molecule has 0 saturated carbocycles. The molecule has 2 rings (SSSR count). The van der Waals surface area contributed by atoms with E-state index in [1.165, 1.54) is 12.1 Å². The molecule has 0 saturated heterocycles.